The Morgan fingerprint density at radius 3 is 2.55 bits per heavy atom. The number of pyridine rings is 1. The molecule has 0 fully saturated rings. The minimum atomic E-state index is -0.930. The molecule has 0 bridgehead atoms. The van der Waals surface area contributed by atoms with Gasteiger partial charge in [0, 0.05) is 18.2 Å². The molecule has 0 atom stereocenters. The molecule has 1 aromatic carbocycles. The molecule has 0 aliphatic heterocycles. The first-order valence-electron chi connectivity index (χ1n) is 6.08. The van der Waals surface area contributed by atoms with Gasteiger partial charge in [-0.15, -0.1) is 0 Å². The molecule has 0 spiro atoms. The molecule has 6 heteroatoms. The van der Waals surface area contributed by atoms with Crippen LogP contribution in [-0.2, 0) is 6.61 Å². The number of rotatable bonds is 5. The molecule has 0 amide bonds. The molecule has 2 rings (SSSR count). The topological polar surface area (TPSA) is 34.2 Å². The van der Waals surface area contributed by atoms with Crippen molar-refractivity contribution in [1.29, 1.82) is 0 Å². The summed E-state index contributed by atoms with van der Waals surface area (Å²) in [5.41, 5.74) is 0.267. The zero-order valence-electron chi connectivity index (χ0n) is 10.8. The zero-order valence-corrected chi connectivity index (χ0v) is 10.8. The first-order valence-corrected chi connectivity index (χ1v) is 6.08. The second-order valence-electron chi connectivity index (χ2n) is 4.02. The minimum Gasteiger partial charge on any atom is -0.471 e. The molecule has 0 saturated heterocycles. The Kier molecular flexibility index (Phi) is 4.45. The summed E-state index contributed by atoms with van der Waals surface area (Å²) in [6.07, 6.45) is 0. The van der Waals surface area contributed by atoms with E-state index in [0.717, 1.165) is 0 Å². The van der Waals surface area contributed by atoms with Gasteiger partial charge in [0.25, 0.3) is 5.88 Å². The van der Waals surface area contributed by atoms with E-state index in [1.807, 2.05) is 0 Å². The lowest BCUT2D eigenvalue weighted by Crippen LogP contribution is -2.07. The Balaban J connectivity index is 2.17. The van der Waals surface area contributed by atoms with Crippen molar-refractivity contribution in [3.8, 4) is 5.88 Å². The summed E-state index contributed by atoms with van der Waals surface area (Å²) >= 11 is 0. The van der Waals surface area contributed by atoms with Crippen LogP contribution in [0.15, 0.2) is 30.3 Å². The van der Waals surface area contributed by atoms with Gasteiger partial charge in [-0.2, -0.15) is 4.98 Å². The highest BCUT2D eigenvalue weighted by Crippen LogP contribution is 2.22. The van der Waals surface area contributed by atoms with Crippen LogP contribution in [0.5, 0.6) is 5.88 Å². The predicted octanol–water partition coefficient (Wildman–Crippen LogP) is 3.51. The quantitative estimate of drug-likeness (QED) is 0.911. The van der Waals surface area contributed by atoms with E-state index in [9.17, 15) is 13.2 Å². The Labute approximate surface area is 114 Å². The van der Waals surface area contributed by atoms with Crippen molar-refractivity contribution in [2.24, 2.45) is 0 Å². The van der Waals surface area contributed by atoms with E-state index in [1.54, 1.807) is 19.1 Å². The third-order valence-corrected chi connectivity index (χ3v) is 2.56. The van der Waals surface area contributed by atoms with E-state index in [0.29, 0.717) is 12.6 Å². The molecule has 1 N–H and O–H groups in total. The van der Waals surface area contributed by atoms with Gasteiger partial charge in [0.15, 0.2) is 17.5 Å². The van der Waals surface area contributed by atoms with Gasteiger partial charge in [-0.1, -0.05) is 18.2 Å². The van der Waals surface area contributed by atoms with Crippen LogP contribution in [0.4, 0.5) is 19.0 Å². The lowest BCUT2D eigenvalue weighted by Gasteiger charge is -2.10. The van der Waals surface area contributed by atoms with Gasteiger partial charge in [-0.25, -0.2) is 13.2 Å². The van der Waals surface area contributed by atoms with Crippen molar-refractivity contribution in [2.75, 3.05) is 11.9 Å². The number of anilines is 1. The number of aromatic nitrogens is 1. The standard InChI is InChI=1S/C14H13F3N2O/c1-2-18-13-11(16)7-12(17)14(19-13)20-8-9-5-3-4-6-10(9)15/h3-7H,2,8H2,1H3,(H,18,19). The molecule has 3 nitrogen and oxygen atoms in total. The summed E-state index contributed by atoms with van der Waals surface area (Å²) in [5, 5.41) is 2.65. The summed E-state index contributed by atoms with van der Waals surface area (Å²) in [6.45, 7) is 2.00. The highest BCUT2D eigenvalue weighted by molar-refractivity contribution is 5.39. The largest absolute Gasteiger partial charge is 0.471 e. The number of halogens is 3. The maximum absolute atomic E-state index is 13.5. The first kappa shape index (κ1) is 14.2. The van der Waals surface area contributed by atoms with Crippen molar-refractivity contribution < 1.29 is 17.9 Å². The molecule has 1 aromatic heterocycles. The summed E-state index contributed by atoms with van der Waals surface area (Å²) in [7, 11) is 0. The number of nitrogens with one attached hydrogen (secondary N) is 1. The third-order valence-electron chi connectivity index (χ3n) is 2.56. The number of ether oxygens (including phenoxy) is 1. The lowest BCUT2D eigenvalue weighted by molar-refractivity contribution is 0.271. The van der Waals surface area contributed by atoms with Crippen LogP contribution in [0.3, 0.4) is 0 Å². The molecule has 0 unspecified atom stereocenters. The van der Waals surface area contributed by atoms with E-state index in [4.69, 9.17) is 4.74 Å². The highest BCUT2D eigenvalue weighted by Gasteiger charge is 2.13. The van der Waals surface area contributed by atoms with Gasteiger partial charge in [-0.3, -0.25) is 0 Å². The van der Waals surface area contributed by atoms with Crippen molar-refractivity contribution in [2.45, 2.75) is 13.5 Å². The fourth-order valence-corrected chi connectivity index (χ4v) is 1.60. The second kappa shape index (κ2) is 6.27. The van der Waals surface area contributed by atoms with Crippen molar-refractivity contribution in [3.63, 3.8) is 0 Å². The fourth-order valence-electron chi connectivity index (χ4n) is 1.60. The van der Waals surface area contributed by atoms with Crippen LogP contribution < -0.4 is 10.1 Å². The molecule has 1 heterocycles. The summed E-state index contributed by atoms with van der Waals surface area (Å²) in [5.74, 6) is -2.66. The molecular formula is C14H13F3N2O. The van der Waals surface area contributed by atoms with Crippen molar-refractivity contribution in [1.82, 2.24) is 4.98 Å². The number of benzene rings is 1. The minimum absolute atomic E-state index is 0.0996. The molecule has 0 aliphatic rings. The van der Waals surface area contributed by atoms with Gasteiger partial charge < -0.3 is 10.1 Å². The molecular weight excluding hydrogens is 269 g/mol. The molecule has 0 saturated carbocycles. The summed E-state index contributed by atoms with van der Waals surface area (Å²) in [6, 6.07) is 6.65. The summed E-state index contributed by atoms with van der Waals surface area (Å²) < 4.78 is 45.4. The molecule has 0 aliphatic carbocycles. The van der Waals surface area contributed by atoms with Crippen LogP contribution in [0, 0.1) is 17.5 Å². The van der Waals surface area contributed by atoms with Crippen LogP contribution in [0.25, 0.3) is 0 Å². The number of hydrogen-bond acceptors (Lipinski definition) is 3. The Morgan fingerprint density at radius 1 is 1.10 bits per heavy atom. The summed E-state index contributed by atoms with van der Waals surface area (Å²) in [4.78, 5) is 3.70. The van der Waals surface area contributed by atoms with Crippen molar-refractivity contribution >= 4 is 5.82 Å². The van der Waals surface area contributed by atoms with Gasteiger partial charge in [0.05, 0.1) is 0 Å². The predicted molar refractivity (Wildman–Crippen MR) is 69.0 cm³/mol. The molecule has 20 heavy (non-hydrogen) atoms. The van der Waals surface area contributed by atoms with Crippen LogP contribution in [-0.4, -0.2) is 11.5 Å². The van der Waals surface area contributed by atoms with E-state index in [2.05, 4.69) is 10.3 Å². The Hall–Kier alpha value is -2.24. The number of hydrogen-bond donors (Lipinski definition) is 1. The Morgan fingerprint density at radius 2 is 1.85 bits per heavy atom. The van der Waals surface area contributed by atoms with Gasteiger partial charge in [-0.05, 0) is 13.0 Å². The monoisotopic (exact) mass is 282 g/mol. The SMILES string of the molecule is CCNc1nc(OCc2ccccc2F)c(F)cc1F. The fraction of sp³-hybridized carbons (Fsp3) is 0.214. The van der Waals surface area contributed by atoms with Crippen molar-refractivity contribution in [3.05, 3.63) is 53.3 Å². The molecule has 106 valence electrons. The smallest absolute Gasteiger partial charge is 0.252 e. The number of nitrogens with zero attached hydrogens (tertiary/aromatic N) is 1. The maximum atomic E-state index is 13.5. The van der Waals surface area contributed by atoms with Crippen LogP contribution in [0.1, 0.15) is 12.5 Å². The Bertz CT molecular complexity index is 605. The average Bonchev–Trinajstić information content (AvgIpc) is 2.42. The van der Waals surface area contributed by atoms with E-state index in [1.165, 1.54) is 12.1 Å². The highest BCUT2D eigenvalue weighted by atomic mass is 19.1. The van der Waals surface area contributed by atoms with Gasteiger partial charge in [0.1, 0.15) is 12.4 Å². The lowest BCUT2D eigenvalue weighted by atomic mass is 10.2. The third kappa shape index (κ3) is 3.20. The average molecular weight is 282 g/mol. The molecule has 0 radical (unpaired) electrons. The van der Waals surface area contributed by atoms with E-state index >= 15 is 0 Å². The second-order valence-corrected chi connectivity index (χ2v) is 4.02. The molecule has 2 aromatic rings. The zero-order chi connectivity index (χ0) is 14.5. The van der Waals surface area contributed by atoms with E-state index < -0.39 is 17.5 Å². The first-order chi connectivity index (χ1) is 9.61. The maximum Gasteiger partial charge on any atom is 0.252 e. The van der Waals surface area contributed by atoms with Crippen LogP contribution in [0.2, 0.25) is 0 Å². The van der Waals surface area contributed by atoms with Crippen LogP contribution >= 0.6 is 0 Å². The van der Waals surface area contributed by atoms with E-state index in [-0.39, 0.29) is 23.9 Å². The van der Waals surface area contributed by atoms with Gasteiger partial charge >= 0.3 is 0 Å². The van der Waals surface area contributed by atoms with Gasteiger partial charge in [0.2, 0.25) is 0 Å². The normalized spacial score (nSPS) is 10.4.